The first kappa shape index (κ1) is 28.3. The van der Waals surface area contributed by atoms with E-state index < -0.39 is 23.3 Å². The Balaban J connectivity index is 1.66. The Morgan fingerprint density at radius 3 is 2.31 bits per heavy atom. The van der Waals surface area contributed by atoms with E-state index in [2.05, 4.69) is 21.2 Å². The van der Waals surface area contributed by atoms with Crippen LogP contribution in [-0.4, -0.2) is 34.9 Å². The van der Waals surface area contributed by atoms with E-state index in [4.69, 9.17) is 4.74 Å². The molecule has 0 radical (unpaired) electrons. The Bertz CT molecular complexity index is 1450. The highest BCUT2D eigenvalue weighted by Gasteiger charge is 2.33. The van der Waals surface area contributed by atoms with E-state index in [1.807, 2.05) is 81.4 Å². The van der Waals surface area contributed by atoms with Gasteiger partial charge in [0.25, 0.3) is 5.91 Å². The van der Waals surface area contributed by atoms with E-state index in [0.29, 0.717) is 11.3 Å². The van der Waals surface area contributed by atoms with Gasteiger partial charge in [0, 0.05) is 24.1 Å². The molecule has 4 aromatic rings. The number of benzene rings is 4. The number of nitrogens with zero attached hydrogens (tertiary/aromatic N) is 1. The normalized spacial score (nSPS) is 12.1. The number of ether oxygens (including phenoxy) is 1. The Morgan fingerprint density at radius 2 is 1.59 bits per heavy atom. The minimum Gasteiger partial charge on any atom is -0.483 e. The molecule has 0 aliphatic heterocycles. The molecule has 0 saturated carbocycles. The summed E-state index contributed by atoms with van der Waals surface area (Å²) in [6, 6.07) is 26.4. The molecule has 1 N–H and O–H groups in total. The van der Waals surface area contributed by atoms with Crippen LogP contribution in [0.1, 0.15) is 31.9 Å². The highest BCUT2D eigenvalue weighted by Crippen LogP contribution is 2.33. The zero-order chi connectivity index (χ0) is 28.0. The maximum absolute atomic E-state index is 14.8. The zero-order valence-electron chi connectivity index (χ0n) is 22.3. The van der Waals surface area contributed by atoms with Gasteiger partial charge in [0.1, 0.15) is 17.6 Å². The molecule has 0 aromatic heterocycles. The molecule has 4 rings (SSSR count). The van der Waals surface area contributed by atoms with Crippen LogP contribution in [0.5, 0.6) is 5.75 Å². The van der Waals surface area contributed by atoms with Crippen molar-refractivity contribution in [3.05, 3.63) is 112 Å². The standard InChI is InChI=1S/C32H32BrFN2O3/c1-32(2,3)35-31(38)27(19-22-11-5-4-6-12-22)36(20-24-14-8-10-16-26(24)34)29(37)21-39-28-18-17-23-13-7-9-15-25(23)30(28)33/h4-18,27H,19-21H2,1-3H3,(H,35,38)/t27-/m1/s1. The van der Waals surface area contributed by atoms with E-state index in [0.717, 1.165) is 20.8 Å². The molecule has 0 bridgehead atoms. The van der Waals surface area contributed by atoms with Gasteiger partial charge in [-0.15, -0.1) is 0 Å². The van der Waals surface area contributed by atoms with Gasteiger partial charge in [-0.2, -0.15) is 0 Å². The van der Waals surface area contributed by atoms with Crippen molar-refractivity contribution in [3.8, 4) is 5.75 Å². The average molecular weight is 592 g/mol. The fraction of sp³-hybridized carbons (Fsp3) is 0.250. The summed E-state index contributed by atoms with van der Waals surface area (Å²) in [4.78, 5) is 28.8. The lowest BCUT2D eigenvalue weighted by Gasteiger charge is -2.33. The van der Waals surface area contributed by atoms with Crippen LogP contribution in [0, 0.1) is 5.82 Å². The third kappa shape index (κ3) is 7.45. The van der Waals surface area contributed by atoms with Crippen molar-refractivity contribution >= 4 is 38.5 Å². The number of rotatable bonds is 9. The lowest BCUT2D eigenvalue weighted by molar-refractivity contribution is -0.143. The third-order valence-corrected chi connectivity index (χ3v) is 7.06. The molecule has 0 aliphatic rings. The van der Waals surface area contributed by atoms with Crippen molar-refractivity contribution in [2.75, 3.05) is 6.61 Å². The largest absolute Gasteiger partial charge is 0.483 e. The van der Waals surface area contributed by atoms with Gasteiger partial charge in [-0.1, -0.05) is 78.9 Å². The first-order valence-electron chi connectivity index (χ1n) is 12.8. The second-order valence-electron chi connectivity index (χ2n) is 10.4. The molecule has 0 aliphatic carbocycles. The molecule has 0 unspecified atom stereocenters. The maximum atomic E-state index is 14.8. The Hall–Kier alpha value is -3.71. The minimum atomic E-state index is -0.887. The van der Waals surface area contributed by atoms with Crippen molar-refractivity contribution in [2.45, 2.75) is 45.3 Å². The molecular formula is C32H32BrFN2O3. The van der Waals surface area contributed by atoms with Crippen LogP contribution in [0.4, 0.5) is 4.39 Å². The number of hydrogen-bond donors (Lipinski definition) is 1. The summed E-state index contributed by atoms with van der Waals surface area (Å²) in [5.74, 6) is -0.680. The van der Waals surface area contributed by atoms with Crippen LogP contribution in [0.25, 0.3) is 10.8 Å². The van der Waals surface area contributed by atoms with Gasteiger partial charge in [-0.3, -0.25) is 9.59 Å². The summed E-state index contributed by atoms with van der Waals surface area (Å²) in [5, 5.41) is 4.99. The molecule has 7 heteroatoms. The van der Waals surface area contributed by atoms with Crippen LogP contribution in [0.15, 0.2) is 95.5 Å². The summed E-state index contributed by atoms with van der Waals surface area (Å²) < 4.78 is 21.5. The second-order valence-corrected chi connectivity index (χ2v) is 11.2. The highest BCUT2D eigenvalue weighted by molar-refractivity contribution is 9.10. The molecule has 5 nitrogen and oxygen atoms in total. The molecule has 0 fully saturated rings. The number of nitrogens with one attached hydrogen (secondary N) is 1. The molecule has 0 heterocycles. The molecule has 0 spiro atoms. The summed E-state index contributed by atoms with van der Waals surface area (Å²) in [5.41, 5.74) is 0.681. The van der Waals surface area contributed by atoms with Crippen LogP contribution in [0.2, 0.25) is 0 Å². The van der Waals surface area contributed by atoms with Crippen LogP contribution >= 0.6 is 15.9 Å². The Labute approximate surface area is 237 Å². The number of carbonyl (C=O) groups is 2. The van der Waals surface area contributed by atoms with E-state index >= 15 is 0 Å². The zero-order valence-corrected chi connectivity index (χ0v) is 23.9. The summed E-state index contributed by atoms with van der Waals surface area (Å²) in [6.45, 7) is 5.25. The maximum Gasteiger partial charge on any atom is 0.261 e. The number of fused-ring (bicyclic) bond motifs is 1. The van der Waals surface area contributed by atoms with Crippen LogP contribution in [-0.2, 0) is 22.6 Å². The van der Waals surface area contributed by atoms with E-state index in [-0.39, 0.29) is 25.5 Å². The van der Waals surface area contributed by atoms with E-state index in [1.54, 1.807) is 24.3 Å². The summed E-state index contributed by atoms with van der Waals surface area (Å²) in [7, 11) is 0. The SMILES string of the molecule is CC(C)(C)NC(=O)[C@@H](Cc1ccccc1)N(Cc1ccccc1F)C(=O)COc1ccc2ccccc2c1Br. The van der Waals surface area contributed by atoms with Gasteiger partial charge in [-0.25, -0.2) is 4.39 Å². The topological polar surface area (TPSA) is 58.6 Å². The van der Waals surface area contributed by atoms with Crippen molar-refractivity contribution in [1.82, 2.24) is 10.2 Å². The Morgan fingerprint density at radius 1 is 0.923 bits per heavy atom. The van der Waals surface area contributed by atoms with Gasteiger partial charge in [0.15, 0.2) is 6.61 Å². The number of amides is 2. The first-order valence-corrected chi connectivity index (χ1v) is 13.6. The highest BCUT2D eigenvalue weighted by atomic mass is 79.9. The average Bonchev–Trinajstić information content (AvgIpc) is 2.91. The van der Waals surface area contributed by atoms with Crippen molar-refractivity contribution in [3.63, 3.8) is 0 Å². The first-order chi connectivity index (χ1) is 18.6. The molecule has 202 valence electrons. The van der Waals surface area contributed by atoms with Gasteiger partial charge >= 0.3 is 0 Å². The molecule has 1 atom stereocenters. The third-order valence-electron chi connectivity index (χ3n) is 6.25. The van der Waals surface area contributed by atoms with Crippen molar-refractivity contribution < 1.29 is 18.7 Å². The van der Waals surface area contributed by atoms with Crippen molar-refractivity contribution in [1.29, 1.82) is 0 Å². The second kappa shape index (κ2) is 12.4. The number of hydrogen-bond acceptors (Lipinski definition) is 3. The van der Waals surface area contributed by atoms with Gasteiger partial charge in [0.2, 0.25) is 5.91 Å². The van der Waals surface area contributed by atoms with Crippen LogP contribution < -0.4 is 10.1 Å². The monoisotopic (exact) mass is 590 g/mol. The molecular weight excluding hydrogens is 559 g/mol. The van der Waals surface area contributed by atoms with Gasteiger partial charge in [-0.05, 0) is 65.2 Å². The molecule has 2 amide bonds. The fourth-order valence-electron chi connectivity index (χ4n) is 4.36. The Kier molecular flexibility index (Phi) is 9.02. The molecule has 4 aromatic carbocycles. The predicted molar refractivity (Wildman–Crippen MR) is 156 cm³/mol. The lowest BCUT2D eigenvalue weighted by Crippen LogP contribution is -2.55. The smallest absolute Gasteiger partial charge is 0.261 e. The summed E-state index contributed by atoms with van der Waals surface area (Å²) >= 11 is 3.60. The molecule has 39 heavy (non-hydrogen) atoms. The van der Waals surface area contributed by atoms with E-state index in [1.165, 1.54) is 11.0 Å². The fourth-order valence-corrected chi connectivity index (χ4v) is 4.97. The number of halogens is 2. The predicted octanol–water partition coefficient (Wildman–Crippen LogP) is 6.68. The van der Waals surface area contributed by atoms with Crippen LogP contribution in [0.3, 0.4) is 0 Å². The number of carbonyl (C=O) groups excluding carboxylic acids is 2. The summed E-state index contributed by atoms with van der Waals surface area (Å²) in [6.07, 6.45) is 0.266. The lowest BCUT2D eigenvalue weighted by atomic mass is 10.0. The van der Waals surface area contributed by atoms with Crippen molar-refractivity contribution in [2.24, 2.45) is 0 Å². The van der Waals surface area contributed by atoms with E-state index in [9.17, 15) is 14.0 Å². The van der Waals surface area contributed by atoms with Gasteiger partial charge in [0.05, 0.1) is 4.47 Å². The molecule has 0 saturated heterocycles. The minimum absolute atomic E-state index is 0.0805. The van der Waals surface area contributed by atoms with Gasteiger partial charge < -0.3 is 15.0 Å². The quantitative estimate of drug-likeness (QED) is 0.237.